The van der Waals surface area contributed by atoms with Crippen LogP contribution in [0.4, 0.5) is 0 Å². The Labute approximate surface area is 160 Å². The molecule has 2 aliphatic rings. The summed E-state index contributed by atoms with van der Waals surface area (Å²) in [4.78, 5) is 0. The van der Waals surface area contributed by atoms with Crippen molar-refractivity contribution in [3.05, 3.63) is 0 Å². The molecule has 9 heteroatoms. The van der Waals surface area contributed by atoms with E-state index >= 15 is 0 Å². The summed E-state index contributed by atoms with van der Waals surface area (Å²) in [5.74, 6) is -0.0267. The van der Waals surface area contributed by atoms with E-state index in [2.05, 4.69) is 0 Å². The van der Waals surface area contributed by atoms with Gasteiger partial charge in [0.25, 0.3) is 0 Å². The number of aliphatic hydroxyl groups excluding tert-OH is 4. The predicted octanol–water partition coefficient (Wildman–Crippen LogP) is -0.758. The van der Waals surface area contributed by atoms with Gasteiger partial charge in [0.1, 0.15) is 30.5 Å². The number of aliphatic hydroxyl groups is 4. The van der Waals surface area contributed by atoms with Crippen molar-refractivity contribution in [2.24, 2.45) is 11.8 Å². The van der Waals surface area contributed by atoms with E-state index < -0.39 is 49.7 Å². The third kappa shape index (κ3) is 4.98. The molecule has 0 spiro atoms. The van der Waals surface area contributed by atoms with E-state index in [0.29, 0.717) is 13.2 Å². The second-order valence-corrected chi connectivity index (χ2v) is 7.17. The van der Waals surface area contributed by atoms with Crippen molar-refractivity contribution >= 4 is 0 Å². The highest BCUT2D eigenvalue weighted by Crippen LogP contribution is 2.36. The maximum atomic E-state index is 10.7. The zero-order valence-corrected chi connectivity index (χ0v) is 16.4. The molecule has 2 saturated heterocycles. The van der Waals surface area contributed by atoms with Crippen LogP contribution in [0, 0.1) is 11.8 Å². The summed E-state index contributed by atoms with van der Waals surface area (Å²) in [6.45, 7) is 6.30. The van der Waals surface area contributed by atoms with Gasteiger partial charge in [-0.3, -0.25) is 0 Å². The third-order valence-corrected chi connectivity index (χ3v) is 5.58. The average Bonchev–Trinajstić information content (AvgIpc) is 2.67. The van der Waals surface area contributed by atoms with Gasteiger partial charge in [0.15, 0.2) is 12.6 Å². The number of methoxy groups -OCH3 is 1. The highest BCUT2D eigenvalue weighted by molar-refractivity contribution is 4.93. The van der Waals surface area contributed by atoms with Crippen LogP contribution >= 0.6 is 0 Å². The standard InChI is InChI=1S/C18H34O9/c1-5-10-9(3)13(20)18(26-12(10)8-24-6-2)27-16-11(7-19)25-17(23-4)15(22)14(16)21/h9-22H,5-8H2,1-4H3/t9-,10-,11+,12?,13?,14?,15?,16+,17+,18-/m1/s1. The van der Waals surface area contributed by atoms with Crippen molar-refractivity contribution in [3.8, 4) is 0 Å². The van der Waals surface area contributed by atoms with E-state index in [-0.39, 0.29) is 17.9 Å². The molecule has 2 aliphatic heterocycles. The first-order valence-electron chi connectivity index (χ1n) is 9.61. The Morgan fingerprint density at radius 3 is 2.15 bits per heavy atom. The summed E-state index contributed by atoms with van der Waals surface area (Å²) in [6.07, 6.45) is -7.28. The Kier molecular flexibility index (Phi) is 8.85. The van der Waals surface area contributed by atoms with Crippen molar-refractivity contribution in [1.82, 2.24) is 0 Å². The summed E-state index contributed by atoms with van der Waals surface area (Å²) in [5, 5.41) is 40.8. The highest BCUT2D eigenvalue weighted by Gasteiger charge is 2.49. The van der Waals surface area contributed by atoms with Crippen molar-refractivity contribution in [3.63, 3.8) is 0 Å². The fourth-order valence-electron chi connectivity index (χ4n) is 3.91. The number of ether oxygens (including phenoxy) is 5. The molecule has 27 heavy (non-hydrogen) atoms. The maximum Gasteiger partial charge on any atom is 0.186 e. The monoisotopic (exact) mass is 394 g/mol. The largest absolute Gasteiger partial charge is 0.394 e. The molecule has 0 aromatic carbocycles. The third-order valence-electron chi connectivity index (χ3n) is 5.58. The van der Waals surface area contributed by atoms with Crippen LogP contribution in [0.25, 0.3) is 0 Å². The van der Waals surface area contributed by atoms with E-state index in [0.717, 1.165) is 6.42 Å². The first-order valence-corrected chi connectivity index (χ1v) is 9.61. The van der Waals surface area contributed by atoms with Gasteiger partial charge in [-0.1, -0.05) is 20.3 Å². The Hall–Kier alpha value is -0.360. The molecular weight excluding hydrogens is 360 g/mol. The smallest absolute Gasteiger partial charge is 0.186 e. The highest BCUT2D eigenvalue weighted by atomic mass is 16.7. The van der Waals surface area contributed by atoms with Gasteiger partial charge >= 0.3 is 0 Å². The van der Waals surface area contributed by atoms with Gasteiger partial charge in [0.2, 0.25) is 0 Å². The van der Waals surface area contributed by atoms with Crippen molar-refractivity contribution < 1.29 is 44.1 Å². The molecule has 10 atom stereocenters. The van der Waals surface area contributed by atoms with Crippen molar-refractivity contribution in [2.75, 3.05) is 26.9 Å². The van der Waals surface area contributed by atoms with Gasteiger partial charge in [-0.05, 0) is 18.8 Å². The van der Waals surface area contributed by atoms with Crippen LogP contribution in [0.15, 0.2) is 0 Å². The summed E-state index contributed by atoms with van der Waals surface area (Å²) < 4.78 is 27.7. The lowest BCUT2D eigenvalue weighted by atomic mass is 9.80. The van der Waals surface area contributed by atoms with Crippen LogP contribution in [0.3, 0.4) is 0 Å². The number of rotatable bonds is 8. The Morgan fingerprint density at radius 2 is 1.59 bits per heavy atom. The van der Waals surface area contributed by atoms with Crippen molar-refractivity contribution in [1.29, 1.82) is 0 Å². The van der Waals surface area contributed by atoms with Crippen LogP contribution in [0.1, 0.15) is 27.2 Å². The molecule has 0 saturated carbocycles. The van der Waals surface area contributed by atoms with Gasteiger partial charge in [-0.15, -0.1) is 0 Å². The van der Waals surface area contributed by atoms with Gasteiger partial charge < -0.3 is 44.1 Å². The van der Waals surface area contributed by atoms with Gasteiger partial charge in [-0.25, -0.2) is 0 Å². The van der Waals surface area contributed by atoms with E-state index in [9.17, 15) is 20.4 Å². The minimum atomic E-state index is -1.37. The Balaban J connectivity index is 2.13. The van der Waals surface area contributed by atoms with Crippen LogP contribution in [0.2, 0.25) is 0 Å². The lowest BCUT2D eigenvalue weighted by Crippen LogP contribution is -2.62. The summed E-state index contributed by atoms with van der Waals surface area (Å²) in [7, 11) is 1.33. The van der Waals surface area contributed by atoms with Crippen LogP contribution < -0.4 is 0 Å². The molecule has 2 heterocycles. The molecular formula is C18H34O9. The van der Waals surface area contributed by atoms with E-state index in [1.54, 1.807) is 0 Å². The van der Waals surface area contributed by atoms with Gasteiger partial charge in [0.05, 0.1) is 19.3 Å². The average molecular weight is 394 g/mol. The van der Waals surface area contributed by atoms with Crippen LogP contribution in [-0.2, 0) is 23.7 Å². The Bertz CT molecular complexity index is 435. The van der Waals surface area contributed by atoms with Gasteiger partial charge in [0, 0.05) is 13.7 Å². The van der Waals surface area contributed by atoms with E-state index in [4.69, 9.17) is 23.7 Å². The van der Waals surface area contributed by atoms with E-state index in [1.807, 2.05) is 20.8 Å². The molecule has 0 radical (unpaired) electrons. The molecule has 0 aromatic rings. The molecule has 0 aromatic heterocycles. The normalized spacial score (nSPS) is 45.8. The zero-order chi connectivity index (χ0) is 20.1. The lowest BCUT2D eigenvalue weighted by molar-refractivity contribution is -0.350. The molecule has 0 amide bonds. The second kappa shape index (κ2) is 10.4. The number of hydrogen-bond acceptors (Lipinski definition) is 9. The molecule has 0 aliphatic carbocycles. The Morgan fingerprint density at radius 1 is 0.926 bits per heavy atom. The van der Waals surface area contributed by atoms with Gasteiger partial charge in [-0.2, -0.15) is 0 Å². The molecule has 9 nitrogen and oxygen atoms in total. The minimum absolute atomic E-state index is 0.0935. The first-order chi connectivity index (χ1) is 12.9. The quantitative estimate of drug-likeness (QED) is 0.420. The predicted molar refractivity (Wildman–Crippen MR) is 93.7 cm³/mol. The molecule has 160 valence electrons. The molecule has 4 N–H and O–H groups in total. The lowest BCUT2D eigenvalue weighted by Gasteiger charge is -2.47. The topological polar surface area (TPSA) is 127 Å². The van der Waals surface area contributed by atoms with Crippen LogP contribution in [0.5, 0.6) is 0 Å². The minimum Gasteiger partial charge on any atom is -0.394 e. The summed E-state index contributed by atoms with van der Waals surface area (Å²) in [6, 6.07) is 0. The fraction of sp³-hybridized carbons (Fsp3) is 1.00. The molecule has 0 bridgehead atoms. The molecule has 2 fully saturated rings. The SMILES string of the molecule is CCOCC1O[C@H](O[C@@H]2C(O)C(O)[C@@H](OC)O[C@H]2CO)C(O)[C@H](C)[C@H]1CC. The fourth-order valence-corrected chi connectivity index (χ4v) is 3.91. The number of hydrogen-bond donors (Lipinski definition) is 4. The first kappa shape index (κ1) is 22.9. The second-order valence-electron chi connectivity index (χ2n) is 7.17. The summed E-state index contributed by atoms with van der Waals surface area (Å²) in [5.41, 5.74) is 0. The van der Waals surface area contributed by atoms with Crippen molar-refractivity contribution in [2.45, 2.75) is 76.4 Å². The molecule has 2 rings (SSSR count). The maximum absolute atomic E-state index is 10.7. The van der Waals surface area contributed by atoms with E-state index in [1.165, 1.54) is 7.11 Å². The van der Waals surface area contributed by atoms with Crippen LogP contribution in [-0.4, -0.2) is 96.6 Å². The zero-order valence-electron chi connectivity index (χ0n) is 16.4. The summed E-state index contributed by atoms with van der Waals surface area (Å²) >= 11 is 0. The molecule has 4 unspecified atom stereocenters.